The molecule has 5 heteroatoms. The number of hydrogen-bond donors (Lipinski definition) is 1. The highest BCUT2D eigenvalue weighted by Gasteiger charge is 2.25. The van der Waals surface area contributed by atoms with E-state index in [1.165, 1.54) is 26.8 Å². The molecule has 0 atom stereocenters. The van der Waals surface area contributed by atoms with E-state index in [4.69, 9.17) is 0 Å². The Bertz CT molecular complexity index is 685. The molecule has 0 aliphatic rings. The van der Waals surface area contributed by atoms with E-state index in [1.807, 2.05) is 0 Å². The highest BCUT2D eigenvalue weighted by atomic mass is 19.1. The maximum atomic E-state index is 14.2. The Labute approximate surface area is 128 Å². The number of carbonyl (C=O) groups excluding carboxylic acids is 1. The summed E-state index contributed by atoms with van der Waals surface area (Å²) in [6.45, 7) is 5.87. The van der Waals surface area contributed by atoms with E-state index < -0.39 is 17.6 Å². The zero-order chi connectivity index (χ0) is 17.0. The van der Waals surface area contributed by atoms with Crippen molar-refractivity contribution in [3.63, 3.8) is 0 Å². The van der Waals surface area contributed by atoms with Crippen molar-refractivity contribution in [2.45, 2.75) is 34.1 Å². The molecule has 22 heavy (non-hydrogen) atoms. The molecule has 0 aromatic heterocycles. The van der Waals surface area contributed by atoms with E-state index in [-0.39, 0.29) is 40.1 Å². The van der Waals surface area contributed by atoms with Gasteiger partial charge in [0.1, 0.15) is 11.6 Å². The second-order valence-corrected chi connectivity index (χ2v) is 4.81. The monoisotopic (exact) mass is 308 g/mol. The number of ketones is 1. The number of Topliss-reactive ketones (excluding diaryl/α,β-unsaturated/α-hetero) is 1. The molecule has 0 amide bonds. The molecule has 118 valence electrons. The molecule has 0 saturated heterocycles. The summed E-state index contributed by atoms with van der Waals surface area (Å²) >= 11 is 0. The molecule has 1 aromatic rings. The third-order valence-electron chi connectivity index (χ3n) is 3.50. The van der Waals surface area contributed by atoms with Gasteiger partial charge in [-0.3, -0.25) is 4.79 Å². The minimum Gasteiger partial charge on any atom is -0.478 e. The molecule has 0 bridgehead atoms. The van der Waals surface area contributed by atoms with Gasteiger partial charge in [-0.2, -0.15) is 0 Å². The molecule has 0 aliphatic heterocycles. The molecular formula is C17H18F2O3. The molecule has 3 nitrogen and oxygen atoms in total. The lowest BCUT2D eigenvalue weighted by Crippen LogP contribution is -2.11. The Morgan fingerprint density at radius 2 is 1.77 bits per heavy atom. The van der Waals surface area contributed by atoms with Gasteiger partial charge in [-0.1, -0.05) is 13.0 Å². The molecule has 0 heterocycles. The van der Waals surface area contributed by atoms with Gasteiger partial charge in [0.15, 0.2) is 5.78 Å². The highest BCUT2D eigenvalue weighted by Crippen LogP contribution is 2.33. The minimum atomic E-state index is -1.30. The van der Waals surface area contributed by atoms with Gasteiger partial charge in [0.05, 0.1) is 5.57 Å². The van der Waals surface area contributed by atoms with Crippen molar-refractivity contribution in [2.75, 3.05) is 0 Å². The Morgan fingerprint density at radius 1 is 1.23 bits per heavy atom. The van der Waals surface area contributed by atoms with E-state index in [0.29, 0.717) is 0 Å². The summed E-state index contributed by atoms with van der Waals surface area (Å²) in [4.78, 5) is 23.4. The molecule has 0 fully saturated rings. The lowest BCUT2D eigenvalue weighted by atomic mass is 9.88. The average molecular weight is 308 g/mol. The number of rotatable bonds is 5. The molecule has 1 aromatic carbocycles. The van der Waals surface area contributed by atoms with Crippen molar-refractivity contribution in [3.8, 4) is 0 Å². The van der Waals surface area contributed by atoms with Gasteiger partial charge in [0.25, 0.3) is 0 Å². The van der Waals surface area contributed by atoms with E-state index in [1.54, 1.807) is 6.92 Å². The normalized spacial score (nSPS) is 12.9. The fourth-order valence-corrected chi connectivity index (χ4v) is 2.26. The van der Waals surface area contributed by atoms with Gasteiger partial charge in [0, 0.05) is 23.1 Å². The van der Waals surface area contributed by atoms with Gasteiger partial charge in [-0.25, -0.2) is 13.6 Å². The van der Waals surface area contributed by atoms with Crippen molar-refractivity contribution in [3.05, 3.63) is 52.1 Å². The number of carbonyl (C=O) groups is 2. The summed E-state index contributed by atoms with van der Waals surface area (Å²) in [6.07, 6.45) is 1.41. The van der Waals surface area contributed by atoms with Crippen molar-refractivity contribution in [1.29, 1.82) is 0 Å². The summed E-state index contributed by atoms with van der Waals surface area (Å²) in [6, 6.07) is 1.90. The number of hydrogen-bond acceptors (Lipinski definition) is 2. The number of halogens is 2. The van der Waals surface area contributed by atoms with Crippen molar-refractivity contribution in [1.82, 2.24) is 0 Å². The van der Waals surface area contributed by atoms with Crippen LogP contribution in [-0.4, -0.2) is 16.9 Å². The van der Waals surface area contributed by atoms with Crippen LogP contribution in [0.5, 0.6) is 0 Å². The fourth-order valence-electron chi connectivity index (χ4n) is 2.26. The third-order valence-corrected chi connectivity index (χ3v) is 3.50. The SMILES string of the molecule is C/C=C(C(=O)O)\C(=C(/C)C(=O)CC)c1c(F)ccc(F)c1C. The van der Waals surface area contributed by atoms with Crippen LogP contribution in [0.25, 0.3) is 5.57 Å². The largest absolute Gasteiger partial charge is 0.478 e. The lowest BCUT2D eigenvalue weighted by molar-refractivity contribution is -0.132. The van der Waals surface area contributed by atoms with Gasteiger partial charge in [-0.15, -0.1) is 0 Å². The first-order valence-corrected chi connectivity index (χ1v) is 6.85. The van der Waals surface area contributed by atoms with Gasteiger partial charge < -0.3 is 5.11 Å². The molecule has 0 spiro atoms. The topological polar surface area (TPSA) is 54.4 Å². The highest BCUT2D eigenvalue weighted by molar-refractivity contribution is 6.13. The Morgan fingerprint density at radius 3 is 2.23 bits per heavy atom. The van der Waals surface area contributed by atoms with Gasteiger partial charge >= 0.3 is 5.97 Å². The maximum absolute atomic E-state index is 14.2. The van der Waals surface area contributed by atoms with Crippen LogP contribution in [0.15, 0.2) is 29.4 Å². The van der Waals surface area contributed by atoms with Crippen LogP contribution in [0.2, 0.25) is 0 Å². The van der Waals surface area contributed by atoms with E-state index in [0.717, 1.165) is 12.1 Å². The van der Waals surface area contributed by atoms with Crippen LogP contribution in [-0.2, 0) is 9.59 Å². The quantitative estimate of drug-likeness (QED) is 0.659. The first kappa shape index (κ1) is 17.8. The Hall–Kier alpha value is -2.30. The smallest absolute Gasteiger partial charge is 0.335 e. The van der Waals surface area contributed by atoms with E-state index in [9.17, 15) is 23.5 Å². The molecule has 0 unspecified atom stereocenters. The second kappa shape index (κ2) is 7.11. The zero-order valence-electron chi connectivity index (χ0n) is 13.0. The van der Waals surface area contributed by atoms with Crippen LogP contribution in [0.4, 0.5) is 8.78 Å². The lowest BCUT2D eigenvalue weighted by Gasteiger charge is -2.16. The molecule has 0 radical (unpaired) electrons. The third kappa shape index (κ3) is 3.30. The van der Waals surface area contributed by atoms with Crippen molar-refractivity contribution in [2.24, 2.45) is 0 Å². The number of carboxylic acids is 1. The first-order chi connectivity index (χ1) is 10.3. The van der Waals surface area contributed by atoms with Crippen LogP contribution in [0, 0.1) is 18.6 Å². The minimum absolute atomic E-state index is 0.0288. The van der Waals surface area contributed by atoms with Crippen LogP contribution >= 0.6 is 0 Å². The average Bonchev–Trinajstić information content (AvgIpc) is 2.48. The maximum Gasteiger partial charge on any atom is 0.335 e. The predicted molar refractivity (Wildman–Crippen MR) is 80.4 cm³/mol. The summed E-state index contributed by atoms with van der Waals surface area (Å²) in [5.74, 6) is -3.05. The summed E-state index contributed by atoms with van der Waals surface area (Å²) in [7, 11) is 0. The number of carboxylic acid groups (broad SMARTS) is 1. The van der Waals surface area contributed by atoms with E-state index >= 15 is 0 Å². The Balaban J connectivity index is 3.87. The van der Waals surface area contributed by atoms with E-state index in [2.05, 4.69) is 0 Å². The number of allylic oxidation sites excluding steroid dienone is 2. The van der Waals surface area contributed by atoms with Gasteiger partial charge in [-0.05, 0) is 38.5 Å². The number of aliphatic carboxylic acids is 1. The number of benzene rings is 1. The van der Waals surface area contributed by atoms with Crippen LogP contribution in [0.1, 0.15) is 38.3 Å². The van der Waals surface area contributed by atoms with Crippen LogP contribution in [0.3, 0.4) is 0 Å². The van der Waals surface area contributed by atoms with Gasteiger partial charge in [0.2, 0.25) is 0 Å². The fraction of sp³-hybridized carbons (Fsp3) is 0.294. The molecule has 1 N–H and O–H groups in total. The summed E-state index contributed by atoms with van der Waals surface area (Å²) in [5.41, 5.74) is -0.414. The van der Waals surface area contributed by atoms with Crippen molar-refractivity contribution < 1.29 is 23.5 Å². The zero-order valence-corrected chi connectivity index (χ0v) is 13.0. The first-order valence-electron chi connectivity index (χ1n) is 6.85. The van der Waals surface area contributed by atoms with Crippen molar-refractivity contribution >= 4 is 17.3 Å². The molecule has 0 saturated carbocycles. The Kier molecular flexibility index (Phi) is 5.74. The standard InChI is InChI=1S/C17H18F2O3/c1-5-11(17(21)22)15(10(4)14(20)6-2)16-9(3)12(18)7-8-13(16)19/h5,7-8H,6H2,1-4H3,(H,21,22)/b11-5+,15-10-. The summed E-state index contributed by atoms with van der Waals surface area (Å²) < 4.78 is 28.0. The van der Waals surface area contributed by atoms with Crippen LogP contribution < -0.4 is 0 Å². The molecular weight excluding hydrogens is 290 g/mol. The molecule has 1 rings (SSSR count). The molecule has 0 aliphatic carbocycles. The summed E-state index contributed by atoms with van der Waals surface area (Å²) in [5, 5.41) is 9.33. The second-order valence-electron chi connectivity index (χ2n) is 4.81. The predicted octanol–water partition coefficient (Wildman–Crippen LogP) is 4.06.